The maximum absolute atomic E-state index is 13.1. The van der Waals surface area contributed by atoms with E-state index in [0.717, 1.165) is 54.3 Å². The second-order valence-electron chi connectivity index (χ2n) is 9.67. The van der Waals surface area contributed by atoms with Gasteiger partial charge in [-0.15, -0.1) is 11.7 Å². The molecule has 7 heteroatoms. The topological polar surface area (TPSA) is 57.6 Å². The van der Waals surface area contributed by atoms with Gasteiger partial charge >= 0.3 is 6.02 Å². The molecule has 7 nitrogen and oxygen atoms in total. The highest BCUT2D eigenvalue weighted by Gasteiger charge is 2.35. The lowest BCUT2D eigenvalue weighted by atomic mass is 10.1. The molecular formula is C32H34N4O3. The first-order valence-electron chi connectivity index (χ1n) is 13.3. The Kier molecular flexibility index (Phi) is 7.96. The van der Waals surface area contributed by atoms with Gasteiger partial charge in [0.2, 0.25) is 0 Å². The maximum Gasteiger partial charge on any atom is 0.322 e. The summed E-state index contributed by atoms with van der Waals surface area (Å²) in [5.74, 6) is 0.847. The standard InChI is InChI=1S/C32H34N4O3/c1-4-20-35-31(37)30(39-32(35)33-34-21-6-5-7-22-34)23-25-10-14-27(15-11-25)36(26-12-8-24(2)9-13-26)28-16-18-29(38-3)19-17-28/h4,8-19,23H,1,5-7,20-22H2,2-3H3/b30-23+,33-32?. The molecule has 2 heterocycles. The second-order valence-corrected chi connectivity index (χ2v) is 9.67. The van der Waals surface area contributed by atoms with Gasteiger partial charge in [0.05, 0.1) is 7.11 Å². The number of benzene rings is 3. The van der Waals surface area contributed by atoms with E-state index in [1.54, 1.807) is 19.3 Å². The van der Waals surface area contributed by atoms with Crippen molar-refractivity contribution < 1.29 is 14.3 Å². The Hall–Kier alpha value is -4.52. The van der Waals surface area contributed by atoms with E-state index in [1.165, 1.54) is 16.9 Å². The third-order valence-corrected chi connectivity index (χ3v) is 6.83. The SMILES string of the molecule is C=CCN1C(=O)/C(=C\c2ccc(N(c3ccc(C)cc3)c3ccc(OC)cc3)cc2)OC1=NN1CCCCC1. The number of aryl methyl sites for hydroxylation is 1. The van der Waals surface area contributed by atoms with Gasteiger partial charge in [-0.1, -0.05) is 35.9 Å². The van der Waals surface area contributed by atoms with Crippen LogP contribution in [0.4, 0.5) is 17.1 Å². The smallest absolute Gasteiger partial charge is 0.322 e. The number of rotatable bonds is 8. The molecule has 2 aliphatic rings. The first-order valence-corrected chi connectivity index (χ1v) is 13.3. The molecule has 2 fully saturated rings. The lowest BCUT2D eigenvalue weighted by Crippen LogP contribution is -2.33. The first kappa shape index (κ1) is 26.1. The quantitative estimate of drug-likeness (QED) is 0.246. The van der Waals surface area contributed by atoms with E-state index in [9.17, 15) is 4.79 Å². The summed E-state index contributed by atoms with van der Waals surface area (Å²) >= 11 is 0. The number of hydrazone groups is 1. The lowest BCUT2D eigenvalue weighted by Gasteiger charge is -2.26. The molecule has 0 radical (unpaired) electrons. The summed E-state index contributed by atoms with van der Waals surface area (Å²) in [4.78, 5) is 16.9. The van der Waals surface area contributed by atoms with Gasteiger partial charge in [-0.05, 0) is 86.4 Å². The lowest BCUT2D eigenvalue weighted by molar-refractivity contribution is -0.122. The number of carbonyl (C=O) groups excluding carboxylic acids is 1. The molecule has 1 amide bonds. The fraction of sp³-hybridized carbons (Fsp3) is 0.250. The van der Waals surface area contributed by atoms with Crippen molar-refractivity contribution in [1.29, 1.82) is 0 Å². The van der Waals surface area contributed by atoms with E-state index >= 15 is 0 Å². The van der Waals surface area contributed by atoms with E-state index in [1.807, 2.05) is 53.5 Å². The van der Waals surface area contributed by atoms with Gasteiger partial charge in [0, 0.05) is 36.7 Å². The van der Waals surface area contributed by atoms with Gasteiger partial charge in [0.1, 0.15) is 5.75 Å². The summed E-state index contributed by atoms with van der Waals surface area (Å²) in [5, 5.41) is 6.61. The number of ether oxygens (including phenoxy) is 2. The van der Waals surface area contributed by atoms with Gasteiger partial charge < -0.3 is 14.4 Å². The van der Waals surface area contributed by atoms with Crippen molar-refractivity contribution in [2.24, 2.45) is 5.10 Å². The fourth-order valence-electron chi connectivity index (χ4n) is 4.71. The zero-order chi connectivity index (χ0) is 27.2. The van der Waals surface area contributed by atoms with E-state index < -0.39 is 0 Å². The predicted octanol–water partition coefficient (Wildman–Crippen LogP) is 6.62. The van der Waals surface area contributed by atoms with Gasteiger partial charge in [-0.2, -0.15) is 0 Å². The molecule has 200 valence electrons. The van der Waals surface area contributed by atoms with Crippen LogP contribution in [0, 0.1) is 6.92 Å². The van der Waals surface area contributed by atoms with Crippen LogP contribution in [0.1, 0.15) is 30.4 Å². The summed E-state index contributed by atoms with van der Waals surface area (Å²) < 4.78 is 11.3. The van der Waals surface area contributed by atoms with Crippen LogP contribution in [0.5, 0.6) is 5.75 Å². The minimum absolute atomic E-state index is 0.214. The molecule has 0 saturated carbocycles. The Balaban J connectivity index is 1.42. The summed E-state index contributed by atoms with van der Waals surface area (Å²) in [7, 11) is 1.66. The third kappa shape index (κ3) is 5.98. The van der Waals surface area contributed by atoms with Crippen LogP contribution < -0.4 is 9.64 Å². The van der Waals surface area contributed by atoms with Crippen molar-refractivity contribution in [3.05, 3.63) is 102 Å². The Labute approximate surface area is 230 Å². The van der Waals surface area contributed by atoms with E-state index in [0.29, 0.717) is 12.6 Å². The van der Waals surface area contributed by atoms with Gasteiger partial charge in [-0.3, -0.25) is 14.7 Å². The Bertz CT molecular complexity index is 1360. The summed E-state index contributed by atoms with van der Waals surface area (Å²) in [6, 6.07) is 24.8. The van der Waals surface area contributed by atoms with Crippen LogP contribution in [0.3, 0.4) is 0 Å². The molecule has 3 aromatic rings. The average molecular weight is 523 g/mol. The van der Waals surface area contributed by atoms with E-state index in [4.69, 9.17) is 9.47 Å². The highest BCUT2D eigenvalue weighted by molar-refractivity contribution is 6.11. The minimum atomic E-state index is -0.214. The number of nitrogens with zero attached hydrogens (tertiary/aromatic N) is 4. The minimum Gasteiger partial charge on any atom is -0.497 e. The molecule has 39 heavy (non-hydrogen) atoms. The Morgan fingerprint density at radius 2 is 1.51 bits per heavy atom. The number of piperidine rings is 1. The van der Waals surface area contributed by atoms with Gasteiger partial charge in [-0.25, -0.2) is 0 Å². The van der Waals surface area contributed by atoms with Crippen molar-refractivity contribution in [2.75, 3.05) is 31.6 Å². The highest BCUT2D eigenvalue weighted by atomic mass is 16.5. The van der Waals surface area contributed by atoms with Crippen LogP contribution in [0.25, 0.3) is 6.08 Å². The average Bonchev–Trinajstić information content (AvgIpc) is 3.25. The number of hydrogen-bond acceptors (Lipinski definition) is 6. The zero-order valence-electron chi connectivity index (χ0n) is 22.5. The summed E-state index contributed by atoms with van der Waals surface area (Å²) in [5.41, 5.74) is 5.11. The molecule has 0 N–H and O–H groups in total. The van der Waals surface area contributed by atoms with E-state index in [2.05, 4.69) is 47.8 Å². The molecule has 0 unspecified atom stereocenters. The van der Waals surface area contributed by atoms with Crippen molar-refractivity contribution in [3.8, 4) is 5.75 Å². The molecule has 0 spiro atoms. The summed E-state index contributed by atoms with van der Waals surface area (Å²) in [6.45, 7) is 7.95. The second kappa shape index (κ2) is 11.9. The van der Waals surface area contributed by atoms with Crippen LogP contribution in [-0.4, -0.2) is 48.6 Å². The molecule has 0 aliphatic carbocycles. The van der Waals surface area contributed by atoms with Crippen LogP contribution in [0.2, 0.25) is 0 Å². The Morgan fingerprint density at radius 3 is 2.10 bits per heavy atom. The Morgan fingerprint density at radius 1 is 0.923 bits per heavy atom. The largest absolute Gasteiger partial charge is 0.497 e. The highest BCUT2D eigenvalue weighted by Crippen LogP contribution is 2.35. The van der Waals surface area contributed by atoms with Crippen LogP contribution >= 0.6 is 0 Å². The van der Waals surface area contributed by atoms with Crippen molar-refractivity contribution in [3.63, 3.8) is 0 Å². The van der Waals surface area contributed by atoms with Crippen molar-refractivity contribution >= 4 is 35.1 Å². The number of methoxy groups -OCH3 is 1. The number of carbonyl (C=O) groups is 1. The normalized spacial score (nSPS) is 17.4. The molecule has 0 bridgehead atoms. The molecular weight excluding hydrogens is 488 g/mol. The monoisotopic (exact) mass is 522 g/mol. The third-order valence-electron chi connectivity index (χ3n) is 6.83. The number of hydrogen-bond donors (Lipinski definition) is 0. The van der Waals surface area contributed by atoms with E-state index in [-0.39, 0.29) is 11.7 Å². The predicted molar refractivity (Wildman–Crippen MR) is 156 cm³/mol. The summed E-state index contributed by atoms with van der Waals surface area (Å²) in [6.07, 6.45) is 6.85. The molecule has 0 aromatic heterocycles. The molecule has 3 aromatic carbocycles. The molecule has 2 aliphatic heterocycles. The zero-order valence-corrected chi connectivity index (χ0v) is 22.5. The van der Waals surface area contributed by atoms with Gasteiger partial charge in [0.25, 0.3) is 5.91 Å². The first-order chi connectivity index (χ1) is 19.1. The number of amidine groups is 1. The van der Waals surface area contributed by atoms with Crippen LogP contribution in [0.15, 0.2) is 96.3 Å². The van der Waals surface area contributed by atoms with Crippen molar-refractivity contribution in [2.45, 2.75) is 26.2 Å². The fourth-order valence-corrected chi connectivity index (χ4v) is 4.71. The molecule has 2 saturated heterocycles. The van der Waals surface area contributed by atoms with Crippen LogP contribution in [-0.2, 0) is 9.53 Å². The van der Waals surface area contributed by atoms with Crippen molar-refractivity contribution in [1.82, 2.24) is 9.91 Å². The van der Waals surface area contributed by atoms with Gasteiger partial charge in [0.15, 0.2) is 5.76 Å². The maximum atomic E-state index is 13.1. The molecule has 0 atom stereocenters. The molecule has 5 rings (SSSR count). The number of anilines is 3. The number of amides is 1.